The summed E-state index contributed by atoms with van der Waals surface area (Å²) in [5.41, 5.74) is 1.42. The van der Waals surface area contributed by atoms with E-state index < -0.39 is 120 Å². The number of allylic oxidation sites excluding steroid dienone is 2. The van der Waals surface area contributed by atoms with Crippen molar-refractivity contribution in [3.8, 4) is 0 Å². The second-order valence-electron chi connectivity index (χ2n) is 17.0. The van der Waals surface area contributed by atoms with Gasteiger partial charge in [-0.2, -0.15) is 0 Å². The van der Waals surface area contributed by atoms with Crippen molar-refractivity contribution in [3.05, 3.63) is 72.0 Å². The standard InChI is InChI=1S/C46H67N7O12/c1-24(2)21-35-44(60)52-38(46(63)64)28(6)40(56)47-29(7)41(57)49-33(18-17-25(3)22-26(4)36(65-11)23-32-15-13-12-14-16-32)27(5)39(55)50-34(45(61)62)19-20-37(54)53(10)31(9)43(59)48-30(8)42(58)51-35/h12-18,22,24,26-30,33-36,38H,9,19-21,23H2,1-8,10-11H3,(H,47,56)(H,48,59)(H,49,57)(H,50,55)(H,51,58)(H,52,60)(H,61,62)(H,63,64)/b18-17+,25-22+/t26-,27-,28-,29-,30+,33-,34+,35+,36-,38+/m0/s1. The molecule has 1 aliphatic rings. The lowest BCUT2D eigenvalue weighted by Gasteiger charge is -2.27. The fraction of sp³-hybridized carbons (Fsp3) is 0.543. The van der Waals surface area contributed by atoms with Crippen LogP contribution in [0.5, 0.6) is 0 Å². The van der Waals surface area contributed by atoms with Gasteiger partial charge in [-0.05, 0) is 51.5 Å². The van der Waals surface area contributed by atoms with Crippen LogP contribution in [0.15, 0.2) is 66.4 Å². The summed E-state index contributed by atoms with van der Waals surface area (Å²) >= 11 is 0. The lowest BCUT2D eigenvalue weighted by molar-refractivity contribution is -0.146. The normalized spacial score (nSPS) is 26.7. The molecule has 65 heavy (non-hydrogen) atoms. The maximum absolute atomic E-state index is 13.7. The zero-order chi connectivity index (χ0) is 49.3. The number of likely N-dealkylation sites (N-methyl/N-ethyl adjacent to an activating group) is 1. The maximum Gasteiger partial charge on any atom is 0.327 e. The monoisotopic (exact) mass is 909 g/mol. The molecule has 1 saturated heterocycles. The molecule has 10 atom stereocenters. The lowest BCUT2D eigenvalue weighted by atomic mass is 9.94. The minimum atomic E-state index is -1.82. The van der Waals surface area contributed by atoms with E-state index in [2.05, 4.69) is 38.5 Å². The molecule has 1 aromatic rings. The van der Waals surface area contributed by atoms with E-state index in [4.69, 9.17) is 4.74 Å². The molecule has 0 aromatic heterocycles. The van der Waals surface area contributed by atoms with Gasteiger partial charge in [-0.25, -0.2) is 9.59 Å². The largest absolute Gasteiger partial charge is 0.480 e. The Bertz CT molecular complexity index is 1970. The smallest absolute Gasteiger partial charge is 0.327 e. The second kappa shape index (κ2) is 25.8. The van der Waals surface area contributed by atoms with Gasteiger partial charge in [0.25, 0.3) is 5.91 Å². The Morgan fingerprint density at radius 3 is 1.95 bits per heavy atom. The predicted octanol–water partition coefficient (Wildman–Crippen LogP) is 1.58. The average molecular weight is 910 g/mol. The van der Waals surface area contributed by atoms with E-state index >= 15 is 0 Å². The van der Waals surface area contributed by atoms with Crippen molar-refractivity contribution < 1.29 is 58.1 Å². The first kappa shape index (κ1) is 54.8. The van der Waals surface area contributed by atoms with E-state index in [0.717, 1.165) is 16.0 Å². The maximum atomic E-state index is 13.7. The third kappa shape index (κ3) is 17.3. The van der Waals surface area contributed by atoms with Gasteiger partial charge in [-0.1, -0.05) is 95.3 Å². The second-order valence-corrected chi connectivity index (χ2v) is 17.0. The Morgan fingerprint density at radius 1 is 0.800 bits per heavy atom. The van der Waals surface area contributed by atoms with E-state index in [-0.39, 0.29) is 24.4 Å². The zero-order valence-electron chi connectivity index (χ0n) is 38.9. The van der Waals surface area contributed by atoms with E-state index in [9.17, 15) is 53.4 Å². The van der Waals surface area contributed by atoms with Crippen molar-refractivity contribution in [3.63, 3.8) is 0 Å². The first-order chi connectivity index (χ1) is 30.4. The molecule has 0 radical (unpaired) electrons. The van der Waals surface area contributed by atoms with Crippen LogP contribution in [0.2, 0.25) is 0 Å². The van der Waals surface area contributed by atoms with Gasteiger partial charge in [0.05, 0.1) is 24.0 Å². The third-order valence-electron chi connectivity index (χ3n) is 11.1. The minimum Gasteiger partial charge on any atom is -0.480 e. The topological polar surface area (TPSA) is 279 Å². The van der Waals surface area contributed by atoms with Crippen LogP contribution >= 0.6 is 0 Å². The number of nitrogens with one attached hydrogen (secondary N) is 6. The Hall–Kier alpha value is -6.37. The van der Waals surface area contributed by atoms with Crippen LogP contribution in [-0.2, 0) is 54.3 Å². The summed E-state index contributed by atoms with van der Waals surface area (Å²) in [6, 6.07) is 1.35. The van der Waals surface area contributed by atoms with Gasteiger partial charge in [-0.15, -0.1) is 0 Å². The first-order valence-electron chi connectivity index (χ1n) is 21.5. The number of aliphatic carboxylic acids is 2. The summed E-state index contributed by atoms with van der Waals surface area (Å²) in [6.45, 7) is 16.2. The summed E-state index contributed by atoms with van der Waals surface area (Å²) in [7, 11) is 2.84. The molecule has 0 spiro atoms. The van der Waals surface area contributed by atoms with Crippen LogP contribution < -0.4 is 31.9 Å². The number of carboxylic acid groups (broad SMARTS) is 2. The van der Waals surface area contributed by atoms with Crippen molar-refractivity contribution in [2.45, 2.75) is 123 Å². The summed E-state index contributed by atoms with van der Waals surface area (Å²) in [5.74, 6) is -11.9. The number of hydrogen-bond donors (Lipinski definition) is 8. The van der Waals surface area contributed by atoms with Crippen molar-refractivity contribution in [2.24, 2.45) is 23.7 Å². The Morgan fingerprint density at radius 2 is 1.38 bits per heavy atom. The van der Waals surface area contributed by atoms with Gasteiger partial charge < -0.3 is 51.8 Å². The zero-order valence-corrected chi connectivity index (χ0v) is 38.9. The highest BCUT2D eigenvalue weighted by Gasteiger charge is 2.37. The molecule has 2 rings (SSSR count). The third-order valence-corrected chi connectivity index (χ3v) is 11.1. The highest BCUT2D eigenvalue weighted by atomic mass is 16.5. The highest BCUT2D eigenvalue weighted by Crippen LogP contribution is 2.18. The van der Waals surface area contributed by atoms with Crippen molar-refractivity contribution >= 4 is 53.3 Å². The Labute approximate surface area is 380 Å². The fourth-order valence-electron chi connectivity index (χ4n) is 6.82. The molecule has 19 nitrogen and oxygen atoms in total. The SMILES string of the molecule is C=C1C(=O)N[C@H](C)C(=O)N[C@H](CC(C)C)C(=O)N[C@@H](C(=O)O)[C@H](C)C(=O)N[C@@H](C)C(=O)N[C@@H](/C=C/C(C)=C/[C@H](C)[C@H](Cc2ccccc2)OC)[C@H](C)C(=O)N[C@@H](C(=O)O)CCC(=O)N1C. The molecule has 0 bridgehead atoms. The van der Waals surface area contributed by atoms with Gasteiger partial charge in [0.1, 0.15) is 35.9 Å². The summed E-state index contributed by atoms with van der Waals surface area (Å²) in [6.07, 6.45) is 4.78. The van der Waals surface area contributed by atoms with Crippen LogP contribution in [0, 0.1) is 23.7 Å². The Kier molecular flexibility index (Phi) is 21.7. The van der Waals surface area contributed by atoms with Crippen molar-refractivity contribution in [1.82, 2.24) is 36.8 Å². The molecule has 1 fully saturated rings. The number of rotatable bonds is 11. The molecular formula is C46H67N7O12. The highest BCUT2D eigenvalue weighted by molar-refractivity contribution is 6.00. The van der Waals surface area contributed by atoms with E-state index in [1.165, 1.54) is 40.8 Å². The predicted molar refractivity (Wildman–Crippen MR) is 240 cm³/mol. The van der Waals surface area contributed by atoms with Crippen LogP contribution in [0.4, 0.5) is 0 Å². The van der Waals surface area contributed by atoms with Crippen molar-refractivity contribution in [1.29, 1.82) is 0 Å². The summed E-state index contributed by atoms with van der Waals surface area (Å²) < 4.78 is 5.78. The summed E-state index contributed by atoms with van der Waals surface area (Å²) in [5, 5.41) is 35.0. The molecule has 19 heteroatoms. The summed E-state index contributed by atoms with van der Waals surface area (Å²) in [4.78, 5) is 120. The number of ether oxygens (including phenoxy) is 1. The van der Waals surface area contributed by atoms with Crippen LogP contribution in [-0.4, -0.2) is 125 Å². The minimum absolute atomic E-state index is 0.0331. The molecule has 358 valence electrons. The van der Waals surface area contributed by atoms with Crippen molar-refractivity contribution in [2.75, 3.05) is 14.2 Å². The van der Waals surface area contributed by atoms with Crippen LogP contribution in [0.1, 0.15) is 80.2 Å². The van der Waals surface area contributed by atoms with Gasteiger partial charge >= 0.3 is 11.9 Å². The molecular weight excluding hydrogens is 843 g/mol. The van der Waals surface area contributed by atoms with Gasteiger partial charge in [0.15, 0.2) is 0 Å². The van der Waals surface area contributed by atoms with Gasteiger partial charge in [-0.3, -0.25) is 33.6 Å². The van der Waals surface area contributed by atoms with Gasteiger partial charge in [0, 0.05) is 26.5 Å². The quantitative estimate of drug-likeness (QED) is 0.116. The van der Waals surface area contributed by atoms with E-state index in [1.54, 1.807) is 27.0 Å². The molecule has 0 aliphatic carbocycles. The first-order valence-corrected chi connectivity index (χ1v) is 21.5. The molecule has 1 aliphatic heterocycles. The number of nitrogens with zero attached hydrogens (tertiary/aromatic N) is 1. The number of methoxy groups -OCH3 is 1. The Balaban J connectivity index is 2.57. The number of carbonyl (C=O) groups excluding carboxylic acids is 7. The average Bonchev–Trinajstić information content (AvgIpc) is 3.25. The van der Waals surface area contributed by atoms with Crippen LogP contribution in [0.3, 0.4) is 0 Å². The number of hydrogen-bond acceptors (Lipinski definition) is 10. The van der Waals surface area contributed by atoms with E-state index in [0.29, 0.717) is 6.42 Å². The molecule has 1 heterocycles. The fourth-order valence-corrected chi connectivity index (χ4v) is 6.82. The molecule has 0 saturated carbocycles. The molecule has 1 aromatic carbocycles. The molecule has 8 N–H and O–H groups in total. The number of amides is 7. The number of carbonyl (C=O) groups is 9. The number of benzene rings is 1. The molecule has 7 amide bonds. The van der Waals surface area contributed by atoms with Crippen LogP contribution in [0.25, 0.3) is 0 Å². The molecule has 0 unspecified atom stereocenters. The van der Waals surface area contributed by atoms with E-state index in [1.807, 2.05) is 50.3 Å². The lowest BCUT2D eigenvalue weighted by Crippen LogP contribution is -2.58. The van der Waals surface area contributed by atoms with Gasteiger partial charge in [0.2, 0.25) is 35.4 Å². The number of carboxylic acids is 2.